The highest BCUT2D eigenvalue weighted by Crippen LogP contribution is 2.16. The van der Waals surface area contributed by atoms with Crippen LogP contribution in [-0.2, 0) is 13.0 Å². The van der Waals surface area contributed by atoms with Crippen LogP contribution in [0.3, 0.4) is 0 Å². The molecule has 0 radical (unpaired) electrons. The lowest BCUT2D eigenvalue weighted by atomic mass is 10.1. The highest BCUT2D eigenvalue weighted by molar-refractivity contribution is 14.0. The van der Waals surface area contributed by atoms with E-state index < -0.39 is 0 Å². The zero-order chi connectivity index (χ0) is 20.7. The average molecular weight is 529 g/mol. The molecule has 8 heteroatoms. The number of rotatable bonds is 6. The van der Waals surface area contributed by atoms with E-state index >= 15 is 0 Å². The Bertz CT molecular complexity index is 822. The number of halogens is 1. The maximum Gasteiger partial charge on any atom is 0.251 e. The SMILES string of the molecule is CN=C(NCCc1nc(C)c(C)s1)NCc1cccc(C(=O)NC(C)(C)C)c1.I. The van der Waals surface area contributed by atoms with Crippen LogP contribution in [0, 0.1) is 13.8 Å². The van der Waals surface area contributed by atoms with E-state index in [2.05, 4.69) is 32.9 Å². The van der Waals surface area contributed by atoms with Crippen LogP contribution in [0.5, 0.6) is 0 Å². The van der Waals surface area contributed by atoms with Crippen molar-refractivity contribution >= 4 is 47.2 Å². The number of carbonyl (C=O) groups excluding carboxylic acids is 1. The van der Waals surface area contributed by atoms with Crippen molar-refractivity contribution in [2.75, 3.05) is 13.6 Å². The Labute approximate surface area is 195 Å². The molecule has 2 rings (SSSR count). The molecule has 2 aromatic rings. The maximum absolute atomic E-state index is 12.3. The highest BCUT2D eigenvalue weighted by atomic mass is 127. The Kier molecular flexibility index (Phi) is 10.0. The summed E-state index contributed by atoms with van der Waals surface area (Å²) in [6.45, 7) is 11.4. The number of aryl methyl sites for hydroxylation is 2. The Morgan fingerprint density at radius 3 is 2.52 bits per heavy atom. The number of benzene rings is 1. The number of guanidine groups is 1. The molecule has 0 aliphatic carbocycles. The van der Waals surface area contributed by atoms with Crippen molar-refractivity contribution in [3.8, 4) is 0 Å². The molecule has 0 atom stereocenters. The molecular weight excluding hydrogens is 497 g/mol. The molecule has 0 unspecified atom stereocenters. The second kappa shape index (κ2) is 11.5. The fourth-order valence-corrected chi connectivity index (χ4v) is 3.51. The summed E-state index contributed by atoms with van der Waals surface area (Å²) >= 11 is 1.74. The van der Waals surface area contributed by atoms with Gasteiger partial charge in [0.15, 0.2) is 5.96 Å². The van der Waals surface area contributed by atoms with Gasteiger partial charge in [-0.1, -0.05) is 12.1 Å². The van der Waals surface area contributed by atoms with Crippen molar-refractivity contribution in [1.29, 1.82) is 0 Å². The van der Waals surface area contributed by atoms with Crippen LogP contribution in [0.4, 0.5) is 0 Å². The first kappa shape index (κ1) is 25.4. The van der Waals surface area contributed by atoms with Crippen molar-refractivity contribution in [2.24, 2.45) is 4.99 Å². The van der Waals surface area contributed by atoms with Gasteiger partial charge in [-0.15, -0.1) is 35.3 Å². The summed E-state index contributed by atoms with van der Waals surface area (Å²) in [5.41, 5.74) is 2.53. The van der Waals surface area contributed by atoms with E-state index in [1.54, 1.807) is 18.4 Å². The van der Waals surface area contributed by atoms with Crippen LogP contribution in [-0.4, -0.2) is 36.0 Å². The van der Waals surface area contributed by atoms with Crippen LogP contribution in [0.15, 0.2) is 29.3 Å². The fourth-order valence-electron chi connectivity index (χ4n) is 2.58. The lowest BCUT2D eigenvalue weighted by Gasteiger charge is -2.20. The highest BCUT2D eigenvalue weighted by Gasteiger charge is 2.15. The zero-order valence-electron chi connectivity index (χ0n) is 18.0. The van der Waals surface area contributed by atoms with Crippen molar-refractivity contribution in [3.63, 3.8) is 0 Å². The monoisotopic (exact) mass is 529 g/mol. The molecule has 1 amide bonds. The van der Waals surface area contributed by atoms with Crippen molar-refractivity contribution in [3.05, 3.63) is 51.0 Å². The smallest absolute Gasteiger partial charge is 0.251 e. The van der Waals surface area contributed by atoms with Crippen molar-refractivity contribution in [1.82, 2.24) is 20.9 Å². The number of aromatic nitrogens is 1. The van der Waals surface area contributed by atoms with Crippen LogP contribution in [0.1, 0.15) is 52.3 Å². The summed E-state index contributed by atoms with van der Waals surface area (Å²) in [4.78, 5) is 22.4. The molecule has 3 N–H and O–H groups in total. The fraction of sp³-hybridized carbons (Fsp3) is 0.476. The van der Waals surface area contributed by atoms with Crippen molar-refractivity contribution in [2.45, 2.75) is 53.1 Å². The molecule has 1 aromatic heterocycles. The predicted octanol–water partition coefficient (Wildman–Crippen LogP) is 3.81. The molecule has 0 bridgehead atoms. The standard InChI is InChI=1S/C21H31N5OS.HI/c1-14-15(2)28-18(25-14)10-11-23-20(22-6)24-13-16-8-7-9-17(12-16)19(27)26-21(3,4)5;/h7-9,12H,10-11,13H2,1-6H3,(H,26,27)(H2,22,23,24);1H. The summed E-state index contributed by atoms with van der Waals surface area (Å²) in [6.07, 6.45) is 0.864. The van der Waals surface area contributed by atoms with Gasteiger partial charge in [0.2, 0.25) is 0 Å². The van der Waals surface area contributed by atoms with Gasteiger partial charge in [0.1, 0.15) is 0 Å². The lowest BCUT2D eigenvalue weighted by Crippen LogP contribution is -2.40. The number of hydrogen-bond donors (Lipinski definition) is 3. The predicted molar refractivity (Wildman–Crippen MR) is 133 cm³/mol. The molecule has 1 aromatic carbocycles. The van der Waals surface area contributed by atoms with E-state index in [0.29, 0.717) is 12.1 Å². The Morgan fingerprint density at radius 1 is 1.21 bits per heavy atom. The van der Waals surface area contributed by atoms with E-state index in [-0.39, 0.29) is 35.4 Å². The zero-order valence-corrected chi connectivity index (χ0v) is 21.2. The summed E-state index contributed by atoms with van der Waals surface area (Å²) in [6, 6.07) is 7.63. The van der Waals surface area contributed by atoms with Gasteiger partial charge < -0.3 is 16.0 Å². The third-order valence-electron chi connectivity index (χ3n) is 4.07. The number of amides is 1. The van der Waals surface area contributed by atoms with Gasteiger partial charge in [-0.3, -0.25) is 9.79 Å². The average Bonchev–Trinajstić information content (AvgIpc) is 2.94. The molecule has 0 spiro atoms. The number of aliphatic imine (C=N–C) groups is 1. The number of hydrogen-bond acceptors (Lipinski definition) is 4. The van der Waals surface area contributed by atoms with Gasteiger partial charge >= 0.3 is 0 Å². The molecule has 1 heterocycles. The Balaban J connectivity index is 0.00000420. The topological polar surface area (TPSA) is 78.4 Å². The Morgan fingerprint density at radius 2 is 1.93 bits per heavy atom. The molecule has 160 valence electrons. The first-order valence-corrected chi connectivity index (χ1v) is 10.3. The molecule has 0 saturated carbocycles. The quantitative estimate of drug-likeness (QED) is 0.302. The first-order valence-electron chi connectivity index (χ1n) is 9.47. The van der Waals surface area contributed by atoms with Crippen molar-refractivity contribution < 1.29 is 4.79 Å². The van der Waals surface area contributed by atoms with E-state index in [0.717, 1.165) is 35.2 Å². The minimum absolute atomic E-state index is 0. The van der Waals surface area contributed by atoms with Gasteiger partial charge in [0, 0.05) is 42.5 Å². The van der Waals surface area contributed by atoms with Crippen LogP contribution < -0.4 is 16.0 Å². The molecule has 29 heavy (non-hydrogen) atoms. The lowest BCUT2D eigenvalue weighted by molar-refractivity contribution is 0.0919. The van der Waals surface area contributed by atoms with E-state index in [4.69, 9.17) is 0 Å². The maximum atomic E-state index is 12.3. The van der Waals surface area contributed by atoms with Crippen LogP contribution >= 0.6 is 35.3 Å². The number of nitrogens with one attached hydrogen (secondary N) is 3. The summed E-state index contributed by atoms with van der Waals surface area (Å²) in [7, 11) is 1.75. The minimum Gasteiger partial charge on any atom is -0.356 e. The third-order valence-corrected chi connectivity index (χ3v) is 5.20. The summed E-state index contributed by atoms with van der Waals surface area (Å²) < 4.78 is 0. The largest absolute Gasteiger partial charge is 0.356 e. The molecule has 0 fully saturated rings. The molecular formula is C21H32IN5OS. The number of nitrogens with zero attached hydrogens (tertiary/aromatic N) is 2. The van der Waals surface area contributed by atoms with Gasteiger partial charge in [-0.25, -0.2) is 4.98 Å². The molecule has 0 saturated heterocycles. The van der Waals surface area contributed by atoms with Crippen LogP contribution in [0.2, 0.25) is 0 Å². The van der Waals surface area contributed by atoms with Gasteiger partial charge in [-0.2, -0.15) is 0 Å². The van der Waals surface area contributed by atoms with Crippen LogP contribution in [0.25, 0.3) is 0 Å². The van der Waals surface area contributed by atoms with Gasteiger partial charge in [-0.05, 0) is 52.3 Å². The Hall–Kier alpha value is -1.68. The van der Waals surface area contributed by atoms with E-state index in [1.165, 1.54) is 4.88 Å². The third kappa shape index (κ3) is 8.69. The minimum atomic E-state index is -0.258. The summed E-state index contributed by atoms with van der Waals surface area (Å²) in [5, 5.41) is 10.7. The second-order valence-corrected chi connectivity index (χ2v) is 9.04. The van der Waals surface area contributed by atoms with Gasteiger partial charge in [0.05, 0.1) is 10.7 Å². The molecule has 0 aliphatic heterocycles. The normalized spacial score (nSPS) is 11.6. The van der Waals surface area contributed by atoms with E-state index in [1.807, 2.05) is 52.0 Å². The van der Waals surface area contributed by atoms with Gasteiger partial charge in [0.25, 0.3) is 5.91 Å². The first-order chi connectivity index (χ1) is 13.2. The molecule has 6 nitrogen and oxygen atoms in total. The number of carbonyl (C=O) groups is 1. The molecule has 0 aliphatic rings. The summed E-state index contributed by atoms with van der Waals surface area (Å²) in [5.74, 6) is 0.667. The second-order valence-electron chi connectivity index (χ2n) is 7.76. The number of thiazole rings is 1. The van der Waals surface area contributed by atoms with E-state index in [9.17, 15) is 4.79 Å².